The Balaban J connectivity index is 1.43. The lowest BCUT2D eigenvalue weighted by molar-refractivity contribution is -0.128. The Morgan fingerprint density at radius 3 is 2.52 bits per heavy atom. The molecule has 1 fully saturated rings. The van der Waals surface area contributed by atoms with Crippen molar-refractivity contribution in [2.24, 2.45) is 11.7 Å². The van der Waals surface area contributed by atoms with Gasteiger partial charge in [0.15, 0.2) is 0 Å². The summed E-state index contributed by atoms with van der Waals surface area (Å²) >= 11 is 0. The van der Waals surface area contributed by atoms with Crippen LogP contribution < -0.4 is 16.0 Å². The standard InChI is InChI=1S/C27H32N4O2/c1-3-31-24-15-20(12-13-21(24)16-25(31)32)19-10-8-18(9-11-19)14-23(17-28)30-26(33)27(2,29)22-6-4-5-7-22/h8-13,15,22-23H,3-7,14,16,29H2,1-2H3,(H,30,33)/t23-,27-/m0/s1. The molecule has 0 unspecified atom stereocenters. The summed E-state index contributed by atoms with van der Waals surface area (Å²) in [7, 11) is 0. The van der Waals surface area contributed by atoms with E-state index >= 15 is 0 Å². The molecule has 4 rings (SSSR count). The minimum absolute atomic E-state index is 0.145. The number of anilines is 1. The van der Waals surface area contributed by atoms with E-state index in [0.717, 1.165) is 53.6 Å². The van der Waals surface area contributed by atoms with E-state index < -0.39 is 11.6 Å². The maximum Gasteiger partial charge on any atom is 0.241 e. The molecule has 1 aliphatic heterocycles. The molecule has 2 aromatic carbocycles. The summed E-state index contributed by atoms with van der Waals surface area (Å²) in [5.41, 5.74) is 10.5. The monoisotopic (exact) mass is 444 g/mol. The number of carbonyl (C=O) groups excluding carboxylic acids is 2. The predicted octanol–water partition coefficient (Wildman–Crippen LogP) is 3.72. The first-order valence-corrected chi connectivity index (χ1v) is 11.9. The van der Waals surface area contributed by atoms with Crippen molar-refractivity contribution in [3.63, 3.8) is 0 Å². The van der Waals surface area contributed by atoms with Crippen LogP contribution in [0.1, 0.15) is 50.7 Å². The van der Waals surface area contributed by atoms with Crippen molar-refractivity contribution in [2.75, 3.05) is 11.4 Å². The second-order valence-corrected chi connectivity index (χ2v) is 9.48. The van der Waals surface area contributed by atoms with Gasteiger partial charge in [0.2, 0.25) is 11.8 Å². The van der Waals surface area contributed by atoms with E-state index in [2.05, 4.69) is 17.5 Å². The van der Waals surface area contributed by atoms with Gasteiger partial charge in [-0.1, -0.05) is 49.2 Å². The summed E-state index contributed by atoms with van der Waals surface area (Å²) in [4.78, 5) is 26.8. The van der Waals surface area contributed by atoms with Gasteiger partial charge < -0.3 is 16.0 Å². The van der Waals surface area contributed by atoms with E-state index in [9.17, 15) is 14.9 Å². The maximum absolute atomic E-state index is 12.8. The second kappa shape index (κ2) is 9.36. The number of benzene rings is 2. The summed E-state index contributed by atoms with van der Waals surface area (Å²) < 4.78 is 0. The van der Waals surface area contributed by atoms with E-state index in [1.54, 1.807) is 6.92 Å². The Kier molecular flexibility index (Phi) is 6.53. The Morgan fingerprint density at radius 1 is 1.21 bits per heavy atom. The Morgan fingerprint density at radius 2 is 1.88 bits per heavy atom. The summed E-state index contributed by atoms with van der Waals surface area (Å²) in [6, 6.07) is 15.7. The van der Waals surface area contributed by atoms with Crippen molar-refractivity contribution in [3.8, 4) is 17.2 Å². The van der Waals surface area contributed by atoms with Crippen LogP contribution in [-0.4, -0.2) is 29.9 Å². The van der Waals surface area contributed by atoms with Gasteiger partial charge in [-0.2, -0.15) is 5.26 Å². The van der Waals surface area contributed by atoms with Crippen LogP contribution in [0.2, 0.25) is 0 Å². The molecular formula is C27H32N4O2. The maximum atomic E-state index is 12.8. The smallest absolute Gasteiger partial charge is 0.241 e. The number of hydrogen-bond donors (Lipinski definition) is 2. The number of likely N-dealkylation sites (N-methyl/N-ethyl adjacent to an activating group) is 1. The van der Waals surface area contributed by atoms with Crippen LogP contribution in [-0.2, 0) is 22.4 Å². The average Bonchev–Trinajstić information content (AvgIpc) is 3.46. The van der Waals surface area contributed by atoms with Gasteiger partial charge in [0.1, 0.15) is 6.04 Å². The summed E-state index contributed by atoms with van der Waals surface area (Å²) in [6.07, 6.45) is 5.03. The molecule has 2 amide bonds. The van der Waals surface area contributed by atoms with Gasteiger partial charge >= 0.3 is 0 Å². The molecule has 3 N–H and O–H groups in total. The minimum Gasteiger partial charge on any atom is -0.338 e. The highest BCUT2D eigenvalue weighted by Gasteiger charge is 2.39. The lowest BCUT2D eigenvalue weighted by Gasteiger charge is -2.31. The third-order valence-corrected chi connectivity index (χ3v) is 7.22. The molecule has 172 valence electrons. The first kappa shape index (κ1) is 23.0. The van der Waals surface area contributed by atoms with Gasteiger partial charge in [0, 0.05) is 18.7 Å². The fourth-order valence-corrected chi connectivity index (χ4v) is 5.11. The molecule has 2 atom stereocenters. The van der Waals surface area contributed by atoms with Crippen LogP contribution in [0.4, 0.5) is 5.69 Å². The van der Waals surface area contributed by atoms with Gasteiger partial charge in [-0.25, -0.2) is 0 Å². The van der Waals surface area contributed by atoms with Crippen LogP contribution in [0.25, 0.3) is 11.1 Å². The summed E-state index contributed by atoms with van der Waals surface area (Å²) in [5, 5.41) is 12.5. The Bertz CT molecular complexity index is 1080. The zero-order chi connectivity index (χ0) is 23.6. The fraction of sp³-hybridized carbons (Fsp3) is 0.444. The number of nitrogens with zero attached hydrogens (tertiary/aromatic N) is 2. The molecule has 0 bridgehead atoms. The van der Waals surface area contributed by atoms with Crippen molar-refractivity contribution in [3.05, 3.63) is 53.6 Å². The molecule has 1 saturated carbocycles. The van der Waals surface area contributed by atoms with Crippen molar-refractivity contribution in [2.45, 2.75) is 64.0 Å². The van der Waals surface area contributed by atoms with Crippen molar-refractivity contribution in [1.29, 1.82) is 5.26 Å². The molecule has 2 aliphatic rings. The van der Waals surface area contributed by atoms with E-state index in [1.807, 2.05) is 48.2 Å². The number of amides is 2. The van der Waals surface area contributed by atoms with Crippen LogP contribution >= 0.6 is 0 Å². The minimum atomic E-state index is -0.948. The number of nitrogens with two attached hydrogens (primary N) is 1. The molecule has 0 saturated heterocycles. The van der Waals surface area contributed by atoms with Gasteiger partial charge in [-0.3, -0.25) is 9.59 Å². The predicted molar refractivity (Wildman–Crippen MR) is 129 cm³/mol. The third kappa shape index (κ3) is 4.65. The fourth-order valence-electron chi connectivity index (χ4n) is 5.11. The highest BCUT2D eigenvalue weighted by atomic mass is 16.2. The molecule has 6 heteroatoms. The normalized spacial score (nSPS) is 18.5. The molecule has 1 heterocycles. The highest BCUT2D eigenvalue weighted by Crippen LogP contribution is 2.34. The van der Waals surface area contributed by atoms with Crippen LogP contribution in [0.15, 0.2) is 42.5 Å². The largest absolute Gasteiger partial charge is 0.338 e. The zero-order valence-electron chi connectivity index (χ0n) is 19.4. The molecular weight excluding hydrogens is 412 g/mol. The summed E-state index contributed by atoms with van der Waals surface area (Å²) in [6.45, 7) is 4.43. The SMILES string of the molecule is CCN1C(=O)Cc2ccc(-c3ccc(C[C@@H](C#N)NC(=O)[C@@](C)(N)C4CCCC4)cc3)cc21. The number of fused-ring (bicyclic) bond motifs is 1. The zero-order valence-corrected chi connectivity index (χ0v) is 19.4. The second-order valence-electron chi connectivity index (χ2n) is 9.48. The molecule has 0 aromatic heterocycles. The first-order chi connectivity index (χ1) is 15.8. The van der Waals surface area contributed by atoms with E-state index in [-0.39, 0.29) is 17.7 Å². The van der Waals surface area contributed by atoms with E-state index in [4.69, 9.17) is 5.73 Å². The van der Waals surface area contributed by atoms with E-state index in [1.165, 1.54) is 0 Å². The van der Waals surface area contributed by atoms with Gasteiger partial charge in [-0.15, -0.1) is 0 Å². The van der Waals surface area contributed by atoms with E-state index in [0.29, 0.717) is 19.4 Å². The topological polar surface area (TPSA) is 99.2 Å². The van der Waals surface area contributed by atoms with Crippen LogP contribution in [0.3, 0.4) is 0 Å². The lowest BCUT2D eigenvalue weighted by atomic mass is 9.84. The van der Waals surface area contributed by atoms with Crippen molar-refractivity contribution < 1.29 is 9.59 Å². The third-order valence-electron chi connectivity index (χ3n) is 7.22. The van der Waals surface area contributed by atoms with Crippen molar-refractivity contribution in [1.82, 2.24) is 5.32 Å². The highest BCUT2D eigenvalue weighted by molar-refractivity contribution is 6.02. The summed E-state index contributed by atoms with van der Waals surface area (Å²) in [5.74, 6) is 0.0687. The Hall–Kier alpha value is -3.17. The number of carbonyl (C=O) groups is 2. The molecule has 6 nitrogen and oxygen atoms in total. The number of hydrogen-bond acceptors (Lipinski definition) is 4. The molecule has 0 spiro atoms. The van der Waals surface area contributed by atoms with Gasteiger partial charge in [0.25, 0.3) is 0 Å². The molecule has 33 heavy (non-hydrogen) atoms. The lowest BCUT2D eigenvalue weighted by Crippen LogP contribution is -2.58. The van der Waals surface area contributed by atoms with Gasteiger partial charge in [-0.05, 0) is 60.9 Å². The van der Waals surface area contributed by atoms with Crippen LogP contribution in [0.5, 0.6) is 0 Å². The molecule has 0 radical (unpaired) electrons. The van der Waals surface area contributed by atoms with Crippen LogP contribution in [0, 0.1) is 17.2 Å². The quantitative estimate of drug-likeness (QED) is 0.680. The first-order valence-electron chi connectivity index (χ1n) is 11.9. The number of nitriles is 1. The Labute approximate surface area is 195 Å². The van der Waals surface area contributed by atoms with Gasteiger partial charge in [0.05, 0.1) is 18.0 Å². The average molecular weight is 445 g/mol. The number of rotatable bonds is 7. The number of nitrogens with one attached hydrogen (secondary N) is 1. The molecule has 1 aliphatic carbocycles. The molecule has 2 aromatic rings. The van der Waals surface area contributed by atoms with Crippen molar-refractivity contribution >= 4 is 17.5 Å².